The van der Waals surface area contributed by atoms with Crippen molar-refractivity contribution in [2.24, 2.45) is 0 Å². The van der Waals surface area contributed by atoms with E-state index in [1.807, 2.05) is 31.2 Å². The molecule has 1 saturated heterocycles. The molecule has 0 aliphatic carbocycles. The van der Waals surface area contributed by atoms with Gasteiger partial charge in [-0.3, -0.25) is 4.79 Å². The van der Waals surface area contributed by atoms with Crippen LogP contribution in [0.3, 0.4) is 0 Å². The lowest BCUT2D eigenvalue weighted by atomic mass is 9.99. The summed E-state index contributed by atoms with van der Waals surface area (Å²) in [7, 11) is 0. The second kappa shape index (κ2) is 6.06. The van der Waals surface area contributed by atoms with Crippen LogP contribution >= 0.6 is 0 Å². The van der Waals surface area contributed by atoms with Crippen LogP contribution in [0.15, 0.2) is 24.3 Å². The number of benzene rings is 1. The maximum absolute atomic E-state index is 12.2. The molecule has 4 heteroatoms. The molecule has 1 fully saturated rings. The van der Waals surface area contributed by atoms with Crippen LogP contribution in [0.2, 0.25) is 0 Å². The van der Waals surface area contributed by atoms with E-state index >= 15 is 0 Å². The highest BCUT2D eigenvalue weighted by atomic mass is 16.5. The summed E-state index contributed by atoms with van der Waals surface area (Å²) >= 11 is 0. The monoisotopic (exact) mass is 262 g/mol. The number of nitrogens with one attached hydrogen (secondary N) is 2. The Bertz CT molecular complexity index is 422. The first-order chi connectivity index (χ1) is 9.14. The van der Waals surface area contributed by atoms with E-state index in [0.29, 0.717) is 6.61 Å². The number of rotatable bonds is 5. The molecule has 0 bridgehead atoms. The van der Waals surface area contributed by atoms with E-state index in [9.17, 15) is 4.79 Å². The Morgan fingerprint density at radius 2 is 2.16 bits per heavy atom. The maximum atomic E-state index is 12.2. The standard InChI is InChI=1S/C15H22N2O2/c1-3-11-19-13-7-5-12(6-8-13)17-14(18)15(2)9-4-10-16-15/h5-8,16H,3-4,9-11H2,1-2H3,(H,17,18). The number of carbonyl (C=O) groups is 1. The lowest BCUT2D eigenvalue weighted by Gasteiger charge is -2.23. The predicted octanol–water partition coefficient (Wildman–Crippen LogP) is 2.56. The Kier molecular flexibility index (Phi) is 4.43. The molecule has 0 saturated carbocycles. The van der Waals surface area contributed by atoms with Crippen molar-refractivity contribution < 1.29 is 9.53 Å². The van der Waals surface area contributed by atoms with Crippen molar-refractivity contribution in [1.29, 1.82) is 0 Å². The van der Waals surface area contributed by atoms with E-state index in [1.54, 1.807) is 0 Å². The first-order valence-electron chi connectivity index (χ1n) is 6.93. The van der Waals surface area contributed by atoms with Gasteiger partial charge in [-0.05, 0) is 57.0 Å². The molecule has 0 aromatic heterocycles. The summed E-state index contributed by atoms with van der Waals surface area (Å²) < 4.78 is 5.51. The third-order valence-corrected chi connectivity index (χ3v) is 3.45. The zero-order valence-corrected chi connectivity index (χ0v) is 11.7. The summed E-state index contributed by atoms with van der Waals surface area (Å²) in [4.78, 5) is 12.2. The normalized spacial score (nSPS) is 22.2. The molecular formula is C15H22N2O2. The third kappa shape index (κ3) is 3.47. The molecule has 1 aromatic rings. The van der Waals surface area contributed by atoms with Crippen molar-refractivity contribution in [2.45, 2.75) is 38.6 Å². The van der Waals surface area contributed by atoms with E-state index in [4.69, 9.17) is 4.74 Å². The van der Waals surface area contributed by atoms with Gasteiger partial charge in [-0.1, -0.05) is 6.92 Å². The van der Waals surface area contributed by atoms with Crippen molar-refractivity contribution in [3.63, 3.8) is 0 Å². The van der Waals surface area contributed by atoms with Gasteiger partial charge >= 0.3 is 0 Å². The molecule has 2 N–H and O–H groups in total. The van der Waals surface area contributed by atoms with Crippen molar-refractivity contribution in [3.8, 4) is 5.75 Å². The molecule has 1 aliphatic heterocycles. The van der Waals surface area contributed by atoms with Gasteiger partial charge in [-0.2, -0.15) is 0 Å². The van der Waals surface area contributed by atoms with Crippen molar-refractivity contribution >= 4 is 11.6 Å². The minimum absolute atomic E-state index is 0.0345. The summed E-state index contributed by atoms with van der Waals surface area (Å²) in [6.45, 7) is 5.65. The van der Waals surface area contributed by atoms with Crippen molar-refractivity contribution in [1.82, 2.24) is 5.32 Å². The molecule has 4 nitrogen and oxygen atoms in total. The Hall–Kier alpha value is -1.55. The molecule has 104 valence electrons. The number of carbonyl (C=O) groups excluding carboxylic acids is 1. The van der Waals surface area contributed by atoms with Crippen LogP contribution in [0, 0.1) is 0 Å². The third-order valence-electron chi connectivity index (χ3n) is 3.45. The van der Waals surface area contributed by atoms with E-state index in [-0.39, 0.29) is 5.91 Å². The Labute approximate surface area is 114 Å². The summed E-state index contributed by atoms with van der Waals surface area (Å²) in [6, 6.07) is 7.52. The van der Waals surface area contributed by atoms with Crippen LogP contribution in [0.25, 0.3) is 0 Å². The quantitative estimate of drug-likeness (QED) is 0.857. The number of anilines is 1. The highest BCUT2D eigenvalue weighted by molar-refractivity contribution is 5.98. The Balaban J connectivity index is 1.93. The van der Waals surface area contributed by atoms with Gasteiger partial charge in [0.05, 0.1) is 12.1 Å². The highest BCUT2D eigenvalue weighted by Crippen LogP contribution is 2.22. The average Bonchev–Trinajstić information content (AvgIpc) is 2.86. The molecule has 2 rings (SSSR count). The van der Waals surface area contributed by atoms with Crippen LogP contribution < -0.4 is 15.4 Å². The number of hydrogen-bond acceptors (Lipinski definition) is 3. The van der Waals surface area contributed by atoms with E-state index < -0.39 is 5.54 Å². The number of amides is 1. The fraction of sp³-hybridized carbons (Fsp3) is 0.533. The number of ether oxygens (including phenoxy) is 1. The molecule has 1 heterocycles. The minimum Gasteiger partial charge on any atom is -0.494 e. The molecule has 1 aliphatic rings. The Morgan fingerprint density at radius 1 is 1.42 bits per heavy atom. The summed E-state index contributed by atoms with van der Waals surface area (Å²) in [6.07, 6.45) is 2.92. The van der Waals surface area contributed by atoms with Gasteiger partial charge in [0.1, 0.15) is 5.75 Å². The van der Waals surface area contributed by atoms with Gasteiger partial charge < -0.3 is 15.4 Å². The van der Waals surface area contributed by atoms with Gasteiger partial charge in [0.2, 0.25) is 5.91 Å². The van der Waals surface area contributed by atoms with Gasteiger partial charge in [0, 0.05) is 5.69 Å². The van der Waals surface area contributed by atoms with E-state index in [0.717, 1.165) is 37.2 Å². The fourth-order valence-corrected chi connectivity index (χ4v) is 2.21. The van der Waals surface area contributed by atoms with Gasteiger partial charge in [0.15, 0.2) is 0 Å². The smallest absolute Gasteiger partial charge is 0.244 e. The molecule has 0 spiro atoms. The lowest BCUT2D eigenvalue weighted by molar-refractivity contribution is -0.121. The van der Waals surface area contributed by atoms with Gasteiger partial charge in [-0.25, -0.2) is 0 Å². The summed E-state index contributed by atoms with van der Waals surface area (Å²) in [5, 5.41) is 6.21. The molecule has 1 aromatic carbocycles. The predicted molar refractivity (Wildman–Crippen MR) is 76.5 cm³/mol. The molecule has 1 atom stereocenters. The van der Waals surface area contributed by atoms with Gasteiger partial charge in [0.25, 0.3) is 0 Å². The molecule has 0 radical (unpaired) electrons. The topological polar surface area (TPSA) is 50.4 Å². The molecule has 1 amide bonds. The largest absolute Gasteiger partial charge is 0.494 e. The lowest BCUT2D eigenvalue weighted by Crippen LogP contribution is -2.47. The first kappa shape index (κ1) is 13.9. The second-order valence-corrected chi connectivity index (χ2v) is 5.19. The highest BCUT2D eigenvalue weighted by Gasteiger charge is 2.35. The molecular weight excluding hydrogens is 240 g/mol. The molecule has 19 heavy (non-hydrogen) atoms. The zero-order chi connectivity index (χ0) is 13.7. The minimum atomic E-state index is -0.433. The van der Waals surface area contributed by atoms with Crippen LogP contribution in [-0.4, -0.2) is 24.6 Å². The number of hydrogen-bond donors (Lipinski definition) is 2. The summed E-state index contributed by atoms with van der Waals surface area (Å²) in [5.74, 6) is 0.872. The van der Waals surface area contributed by atoms with Crippen LogP contribution in [0.5, 0.6) is 5.75 Å². The fourth-order valence-electron chi connectivity index (χ4n) is 2.21. The molecule has 1 unspecified atom stereocenters. The Morgan fingerprint density at radius 3 is 2.74 bits per heavy atom. The average molecular weight is 262 g/mol. The van der Waals surface area contributed by atoms with Gasteiger partial charge in [-0.15, -0.1) is 0 Å². The van der Waals surface area contributed by atoms with Crippen LogP contribution in [0.1, 0.15) is 33.1 Å². The van der Waals surface area contributed by atoms with E-state index in [2.05, 4.69) is 17.6 Å². The van der Waals surface area contributed by atoms with Crippen LogP contribution in [-0.2, 0) is 4.79 Å². The van der Waals surface area contributed by atoms with Crippen molar-refractivity contribution in [3.05, 3.63) is 24.3 Å². The SMILES string of the molecule is CCCOc1ccc(NC(=O)C2(C)CCCN2)cc1. The maximum Gasteiger partial charge on any atom is 0.244 e. The van der Waals surface area contributed by atoms with Crippen LogP contribution in [0.4, 0.5) is 5.69 Å². The summed E-state index contributed by atoms with van der Waals surface area (Å²) in [5.41, 5.74) is 0.376. The zero-order valence-electron chi connectivity index (χ0n) is 11.7. The van der Waals surface area contributed by atoms with E-state index in [1.165, 1.54) is 0 Å². The van der Waals surface area contributed by atoms with Crippen molar-refractivity contribution in [2.75, 3.05) is 18.5 Å². The second-order valence-electron chi connectivity index (χ2n) is 5.19. The first-order valence-corrected chi connectivity index (χ1v) is 6.93.